The van der Waals surface area contributed by atoms with Gasteiger partial charge in [-0.05, 0) is 73.6 Å². The van der Waals surface area contributed by atoms with E-state index in [-0.39, 0.29) is 11.9 Å². The molecule has 3 heterocycles. The molecule has 0 bridgehead atoms. The summed E-state index contributed by atoms with van der Waals surface area (Å²) < 4.78 is 9.55. The van der Waals surface area contributed by atoms with Crippen LogP contribution in [0.4, 0.5) is 15.5 Å². The molecule has 0 radical (unpaired) electrons. The lowest BCUT2D eigenvalue weighted by molar-refractivity contribution is 0.247. The van der Waals surface area contributed by atoms with Gasteiger partial charge in [-0.15, -0.1) is 0 Å². The van der Waals surface area contributed by atoms with E-state index < -0.39 is 0 Å². The number of pyridine rings is 1. The van der Waals surface area contributed by atoms with Crippen LogP contribution in [0.1, 0.15) is 29.3 Å². The molecule has 1 saturated heterocycles. The Balaban J connectivity index is 1.47. The monoisotopic (exact) mass is 451 g/mol. The smallest absolute Gasteiger partial charge is 0.319 e. The first-order valence-electron chi connectivity index (χ1n) is 10.8. The van der Waals surface area contributed by atoms with Crippen LogP contribution in [0.15, 0.2) is 48.7 Å². The van der Waals surface area contributed by atoms with Crippen molar-refractivity contribution in [2.75, 3.05) is 37.0 Å². The van der Waals surface area contributed by atoms with Gasteiger partial charge in [-0.3, -0.25) is 10.3 Å². The Kier molecular flexibility index (Phi) is 6.90. The van der Waals surface area contributed by atoms with E-state index in [0.717, 1.165) is 41.6 Å². The minimum Gasteiger partial charge on any atom is -0.497 e. The molecular formula is C24H29N5O2S. The summed E-state index contributed by atoms with van der Waals surface area (Å²) in [5.74, 6) is 1.46. The topological polar surface area (TPSA) is 79.4 Å². The Hall–Kier alpha value is -3.13. The number of piperidine rings is 1. The molecule has 3 aromatic rings. The molecule has 1 fully saturated rings. The number of ether oxygens (including phenoxy) is 1. The normalized spacial score (nSPS) is 18.3. The molecule has 1 aliphatic rings. The molecular weight excluding hydrogens is 422 g/mol. The fraction of sp³-hybridized carbons (Fsp3) is 0.375. The third-order valence-electron chi connectivity index (χ3n) is 5.93. The van der Waals surface area contributed by atoms with Gasteiger partial charge in [0.2, 0.25) is 0 Å². The highest BCUT2D eigenvalue weighted by Crippen LogP contribution is 2.35. The molecule has 168 valence electrons. The molecule has 2 unspecified atom stereocenters. The highest BCUT2D eigenvalue weighted by molar-refractivity contribution is 7.10. The summed E-state index contributed by atoms with van der Waals surface area (Å²) in [6, 6.07) is 14.2. The number of hydrogen-bond acceptors (Lipinski definition) is 6. The van der Waals surface area contributed by atoms with Crippen molar-refractivity contribution in [3.05, 3.63) is 65.6 Å². The minimum absolute atomic E-state index is 0.186. The van der Waals surface area contributed by atoms with E-state index in [4.69, 9.17) is 4.74 Å². The number of aryl methyl sites for hydroxylation is 2. The van der Waals surface area contributed by atoms with Crippen molar-refractivity contribution in [1.29, 1.82) is 0 Å². The van der Waals surface area contributed by atoms with Gasteiger partial charge in [0.1, 0.15) is 10.8 Å². The average molecular weight is 452 g/mol. The van der Waals surface area contributed by atoms with Crippen LogP contribution in [0.2, 0.25) is 0 Å². The Morgan fingerprint density at radius 2 is 2.00 bits per heavy atom. The third-order valence-corrected chi connectivity index (χ3v) is 6.73. The highest BCUT2D eigenvalue weighted by atomic mass is 32.1. The van der Waals surface area contributed by atoms with Crippen molar-refractivity contribution in [2.45, 2.75) is 26.2 Å². The van der Waals surface area contributed by atoms with Crippen LogP contribution in [0.25, 0.3) is 0 Å². The number of nitrogens with zero attached hydrogens (tertiary/aromatic N) is 3. The number of rotatable bonds is 6. The number of hydrogen-bond donors (Lipinski definition) is 2. The number of carbonyl (C=O) groups excluding carboxylic acids is 1. The van der Waals surface area contributed by atoms with Crippen molar-refractivity contribution in [3.63, 3.8) is 0 Å². The van der Waals surface area contributed by atoms with Crippen molar-refractivity contribution >= 4 is 28.3 Å². The fourth-order valence-electron chi connectivity index (χ4n) is 4.24. The van der Waals surface area contributed by atoms with Crippen molar-refractivity contribution in [1.82, 2.24) is 14.7 Å². The van der Waals surface area contributed by atoms with E-state index >= 15 is 0 Å². The van der Waals surface area contributed by atoms with Gasteiger partial charge < -0.3 is 15.0 Å². The summed E-state index contributed by atoms with van der Waals surface area (Å²) in [6.07, 6.45) is 2.85. The molecule has 0 aliphatic carbocycles. The maximum Gasteiger partial charge on any atom is 0.319 e. The number of methoxy groups -OCH3 is 1. The molecule has 7 nitrogen and oxygen atoms in total. The summed E-state index contributed by atoms with van der Waals surface area (Å²) in [5.41, 5.74) is 4.37. The van der Waals surface area contributed by atoms with Gasteiger partial charge in [-0.2, -0.15) is 4.37 Å². The number of amides is 2. The predicted octanol–water partition coefficient (Wildman–Crippen LogP) is 4.60. The maximum absolute atomic E-state index is 12.4. The lowest BCUT2D eigenvalue weighted by atomic mass is 9.80. The number of aromatic nitrogens is 2. The predicted molar refractivity (Wildman–Crippen MR) is 129 cm³/mol. The highest BCUT2D eigenvalue weighted by Gasteiger charge is 2.31. The van der Waals surface area contributed by atoms with Crippen LogP contribution in [0.5, 0.6) is 5.75 Å². The van der Waals surface area contributed by atoms with E-state index in [2.05, 4.69) is 49.2 Å². The summed E-state index contributed by atoms with van der Waals surface area (Å²) in [5, 5.41) is 6.72. The van der Waals surface area contributed by atoms with E-state index in [1.807, 2.05) is 38.2 Å². The van der Waals surface area contributed by atoms with Gasteiger partial charge >= 0.3 is 6.03 Å². The second-order valence-electron chi connectivity index (χ2n) is 8.20. The first-order chi connectivity index (χ1) is 15.5. The zero-order valence-electron chi connectivity index (χ0n) is 18.7. The molecule has 2 atom stereocenters. The van der Waals surface area contributed by atoms with Crippen molar-refractivity contribution in [2.24, 2.45) is 5.92 Å². The molecule has 1 aliphatic heterocycles. The summed E-state index contributed by atoms with van der Waals surface area (Å²) >= 11 is 1.29. The van der Waals surface area contributed by atoms with E-state index in [0.29, 0.717) is 12.5 Å². The molecule has 0 saturated carbocycles. The van der Waals surface area contributed by atoms with Crippen LogP contribution in [0, 0.1) is 19.8 Å². The van der Waals surface area contributed by atoms with Gasteiger partial charge in [0.15, 0.2) is 0 Å². The fourth-order valence-corrected chi connectivity index (χ4v) is 4.89. The van der Waals surface area contributed by atoms with Crippen molar-refractivity contribution in [3.8, 4) is 5.75 Å². The van der Waals surface area contributed by atoms with E-state index in [1.165, 1.54) is 22.8 Å². The van der Waals surface area contributed by atoms with Gasteiger partial charge in [0, 0.05) is 43.1 Å². The van der Waals surface area contributed by atoms with E-state index in [1.54, 1.807) is 7.11 Å². The molecule has 8 heteroatoms. The van der Waals surface area contributed by atoms with Crippen LogP contribution in [0.3, 0.4) is 0 Å². The van der Waals surface area contributed by atoms with Crippen LogP contribution < -0.4 is 20.3 Å². The summed E-state index contributed by atoms with van der Waals surface area (Å²) in [4.78, 5) is 19.2. The molecule has 0 spiro atoms. The van der Waals surface area contributed by atoms with Gasteiger partial charge in [0.25, 0.3) is 0 Å². The average Bonchev–Trinajstić information content (AvgIpc) is 3.22. The standard InChI is InChI=1S/C24H29N5O2S/c1-16-12-20(8-10-25-16)29-11-9-19(14-26-24(30)27-23-13-17(2)28-32-23)22(15-29)18-4-6-21(31-3)7-5-18/h4-8,10,12-13,19,22H,9,11,14-15H2,1-3H3,(H2,26,27,30). The number of carbonyl (C=O) groups is 1. The second-order valence-corrected chi connectivity index (χ2v) is 9.00. The van der Waals surface area contributed by atoms with Crippen LogP contribution in [-0.4, -0.2) is 42.1 Å². The van der Waals surface area contributed by atoms with Crippen molar-refractivity contribution < 1.29 is 9.53 Å². The SMILES string of the molecule is COc1ccc(C2CN(c3ccnc(C)c3)CCC2CNC(=O)Nc2cc(C)ns2)cc1. The Bertz CT molecular complexity index is 1050. The molecule has 32 heavy (non-hydrogen) atoms. The minimum atomic E-state index is -0.186. The maximum atomic E-state index is 12.4. The number of anilines is 2. The second kappa shape index (κ2) is 9.99. The molecule has 2 amide bonds. The molecule has 2 N–H and O–H groups in total. The zero-order chi connectivity index (χ0) is 22.5. The van der Waals surface area contributed by atoms with Gasteiger partial charge in [0.05, 0.1) is 12.8 Å². The van der Waals surface area contributed by atoms with E-state index in [9.17, 15) is 4.79 Å². The quantitative estimate of drug-likeness (QED) is 0.573. The molecule has 1 aromatic carbocycles. The largest absolute Gasteiger partial charge is 0.497 e. The first kappa shape index (κ1) is 22.1. The number of urea groups is 1. The lowest BCUT2D eigenvalue weighted by Gasteiger charge is -2.40. The number of benzene rings is 1. The first-order valence-corrected chi connectivity index (χ1v) is 11.6. The van der Waals surface area contributed by atoms with Crippen LogP contribution in [-0.2, 0) is 0 Å². The number of nitrogens with one attached hydrogen (secondary N) is 2. The Morgan fingerprint density at radius 1 is 1.19 bits per heavy atom. The van der Waals surface area contributed by atoms with Crippen LogP contribution >= 0.6 is 11.5 Å². The summed E-state index contributed by atoms with van der Waals surface area (Å²) in [6.45, 7) is 6.38. The molecule has 2 aromatic heterocycles. The van der Waals surface area contributed by atoms with Gasteiger partial charge in [-0.25, -0.2) is 4.79 Å². The third kappa shape index (κ3) is 5.37. The zero-order valence-corrected chi connectivity index (χ0v) is 19.5. The Morgan fingerprint density at radius 3 is 2.69 bits per heavy atom. The summed E-state index contributed by atoms with van der Waals surface area (Å²) in [7, 11) is 1.68. The Labute approximate surface area is 193 Å². The molecule has 4 rings (SSSR count). The van der Waals surface area contributed by atoms with Gasteiger partial charge in [-0.1, -0.05) is 12.1 Å². The lowest BCUT2D eigenvalue weighted by Crippen LogP contribution is -2.44.